The van der Waals surface area contributed by atoms with Crippen LogP contribution in [0, 0.1) is 13.8 Å². The van der Waals surface area contributed by atoms with Gasteiger partial charge < -0.3 is 10.4 Å². The fourth-order valence-electron chi connectivity index (χ4n) is 1.87. The van der Waals surface area contributed by atoms with Crippen LogP contribution >= 0.6 is 0 Å². The zero-order chi connectivity index (χ0) is 13.8. The van der Waals surface area contributed by atoms with Gasteiger partial charge in [-0.1, -0.05) is 12.1 Å². The van der Waals surface area contributed by atoms with E-state index in [1.54, 1.807) is 24.3 Å². The van der Waals surface area contributed by atoms with Crippen LogP contribution in [-0.4, -0.2) is 16.0 Å². The predicted octanol–water partition coefficient (Wildman–Crippen LogP) is 2.33. The molecule has 0 radical (unpaired) electrons. The van der Waals surface area contributed by atoms with Gasteiger partial charge in [0.1, 0.15) is 5.75 Å². The van der Waals surface area contributed by atoms with Crippen molar-refractivity contribution in [2.75, 3.05) is 0 Å². The molecule has 4 heteroatoms. The number of carbonyl (C=O) groups is 1. The number of hydrogen-bond acceptors (Lipinski definition) is 3. The van der Waals surface area contributed by atoms with Crippen molar-refractivity contribution in [2.24, 2.45) is 0 Å². The molecule has 1 amide bonds. The Labute approximate surface area is 112 Å². The lowest BCUT2D eigenvalue weighted by molar-refractivity contribution is 0.0950. The van der Waals surface area contributed by atoms with Gasteiger partial charge in [-0.05, 0) is 43.7 Å². The molecule has 0 unspecified atom stereocenters. The molecule has 1 aromatic carbocycles. The van der Waals surface area contributed by atoms with Crippen molar-refractivity contribution >= 4 is 5.91 Å². The lowest BCUT2D eigenvalue weighted by atomic mass is 10.1. The van der Waals surface area contributed by atoms with Crippen LogP contribution in [-0.2, 0) is 6.54 Å². The molecule has 1 heterocycles. The highest BCUT2D eigenvalue weighted by atomic mass is 16.3. The third kappa shape index (κ3) is 3.31. The number of nitrogens with zero attached hydrogens (tertiary/aromatic N) is 1. The van der Waals surface area contributed by atoms with Gasteiger partial charge in [0.05, 0.1) is 11.3 Å². The Kier molecular flexibility index (Phi) is 3.80. The second kappa shape index (κ2) is 5.52. The van der Waals surface area contributed by atoms with E-state index < -0.39 is 0 Å². The fraction of sp³-hybridized carbons (Fsp3) is 0.200. The summed E-state index contributed by atoms with van der Waals surface area (Å²) >= 11 is 0. The Morgan fingerprint density at radius 3 is 2.74 bits per heavy atom. The minimum Gasteiger partial charge on any atom is -0.508 e. The van der Waals surface area contributed by atoms with E-state index in [1.165, 1.54) is 0 Å². The first-order valence-corrected chi connectivity index (χ1v) is 6.06. The molecule has 19 heavy (non-hydrogen) atoms. The highest BCUT2D eigenvalue weighted by molar-refractivity contribution is 5.95. The fourth-order valence-corrected chi connectivity index (χ4v) is 1.87. The van der Waals surface area contributed by atoms with E-state index in [9.17, 15) is 9.90 Å². The summed E-state index contributed by atoms with van der Waals surface area (Å²) in [5, 5.41) is 12.2. The molecule has 4 nitrogen and oxygen atoms in total. The summed E-state index contributed by atoms with van der Waals surface area (Å²) in [7, 11) is 0. The van der Waals surface area contributed by atoms with E-state index in [4.69, 9.17) is 0 Å². The zero-order valence-corrected chi connectivity index (χ0v) is 11.0. The Hall–Kier alpha value is -2.36. The number of hydrogen-bond donors (Lipinski definition) is 2. The maximum absolute atomic E-state index is 12.0. The first kappa shape index (κ1) is 13.1. The minimum absolute atomic E-state index is 0.159. The summed E-state index contributed by atoms with van der Waals surface area (Å²) in [5.41, 5.74) is 3.03. The van der Waals surface area contributed by atoms with Gasteiger partial charge in [0.15, 0.2) is 0 Å². The maximum Gasteiger partial charge on any atom is 0.253 e. The summed E-state index contributed by atoms with van der Waals surface area (Å²) in [6, 6.07) is 10.4. The topological polar surface area (TPSA) is 62.2 Å². The summed E-state index contributed by atoms with van der Waals surface area (Å²) in [6.07, 6.45) is 0. The van der Waals surface area contributed by atoms with Gasteiger partial charge in [0, 0.05) is 12.2 Å². The van der Waals surface area contributed by atoms with Crippen LogP contribution in [0.15, 0.2) is 36.4 Å². The minimum atomic E-state index is -0.159. The van der Waals surface area contributed by atoms with Crippen LogP contribution in [0.5, 0.6) is 5.75 Å². The Bertz CT molecular complexity index is 609. The summed E-state index contributed by atoms with van der Waals surface area (Å²) in [4.78, 5) is 16.3. The standard InChI is InChI=1S/C15H16N2O2/c1-10-6-7-14(11(2)17-10)15(19)16-9-12-4-3-5-13(18)8-12/h3-8,18H,9H2,1-2H3,(H,16,19). The van der Waals surface area contributed by atoms with Crippen molar-refractivity contribution < 1.29 is 9.90 Å². The molecule has 2 rings (SSSR count). The molecule has 0 aliphatic carbocycles. The molecule has 0 aliphatic heterocycles. The number of amides is 1. The average molecular weight is 256 g/mol. The highest BCUT2D eigenvalue weighted by Crippen LogP contribution is 2.11. The second-order valence-electron chi connectivity index (χ2n) is 4.44. The third-order valence-electron chi connectivity index (χ3n) is 2.83. The smallest absolute Gasteiger partial charge is 0.253 e. The second-order valence-corrected chi connectivity index (χ2v) is 4.44. The number of nitrogens with one attached hydrogen (secondary N) is 1. The average Bonchev–Trinajstić information content (AvgIpc) is 2.36. The molecule has 0 saturated carbocycles. The molecule has 1 aromatic heterocycles. The number of phenolic OH excluding ortho intramolecular Hbond substituents is 1. The van der Waals surface area contributed by atoms with Crippen molar-refractivity contribution in [1.29, 1.82) is 0 Å². The van der Waals surface area contributed by atoms with E-state index in [1.807, 2.05) is 26.0 Å². The van der Waals surface area contributed by atoms with Crippen LogP contribution in [0.1, 0.15) is 27.3 Å². The van der Waals surface area contributed by atoms with E-state index in [2.05, 4.69) is 10.3 Å². The lowest BCUT2D eigenvalue weighted by Crippen LogP contribution is -2.24. The van der Waals surface area contributed by atoms with E-state index in [-0.39, 0.29) is 11.7 Å². The number of rotatable bonds is 3. The van der Waals surface area contributed by atoms with Crippen LogP contribution in [0.3, 0.4) is 0 Å². The van der Waals surface area contributed by atoms with Gasteiger partial charge in [0.2, 0.25) is 0 Å². The van der Waals surface area contributed by atoms with E-state index >= 15 is 0 Å². The van der Waals surface area contributed by atoms with Crippen molar-refractivity contribution in [2.45, 2.75) is 20.4 Å². The number of aryl methyl sites for hydroxylation is 2. The van der Waals surface area contributed by atoms with E-state index in [0.717, 1.165) is 11.3 Å². The SMILES string of the molecule is Cc1ccc(C(=O)NCc2cccc(O)c2)c(C)n1. The Balaban J connectivity index is 2.05. The predicted molar refractivity (Wildman–Crippen MR) is 73.0 cm³/mol. The molecule has 2 N–H and O–H groups in total. The van der Waals surface area contributed by atoms with E-state index in [0.29, 0.717) is 17.8 Å². The molecule has 0 aliphatic rings. The molecule has 98 valence electrons. The van der Waals surface area contributed by atoms with Gasteiger partial charge in [-0.2, -0.15) is 0 Å². The number of aromatic nitrogens is 1. The number of phenols is 1. The zero-order valence-electron chi connectivity index (χ0n) is 11.0. The number of benzene rings is 1. The number of pyridine rings is 1. The number of aromatic hydroxyl groups is 1. The maximum atomic E-state index is 12.0. The molecular weight excluding hydrogens is 240 g/mol. The summed E-state index contributed by atoms with van der Waals surface area (Å²) in [5.74, 6) is 0.0354. The summed E-state index contributed by atoms with van der Waals surface area (Å²) < 4.78 is 0. The summed E-state index contributed by atoms with van der Waals surface area (Å²) in [6.45, 7) is 4.08. The molecule has 0 fully saturated rings. The van der Waals surface area contributed by atoms with Crippen molar-refractivity contribution in [3.05, 3.63) is 58.9 Å². The van der Waals surface area contributed by atoms with Gasteiger partial charge in [-0.3, -0.25) is 9.78 Å². The van der Waals surface area contributed by atoms with Crippen molar-refractivity contribution in [3.8, 4) is 5.75 Å². The Morgan fingerprint density at radius 2 is 2.05 bits per heavy atom. The van der Waals surface area contributed by atoms with Gasteiger partial charge in [-0.25, -0.2) is 0 Å². The Morgan fingerprint density at radius 1 is 1.26 bits per heavy atom. The lowest BCUT2D eigenvalue weighted by Gasteiger charge is -2.08. The van der Waals surface area contributed by atoms with Crippen LogP contribution < -0.4 is 5.32 Å². The van der Waals surface area contributed by atoms with Crippen LogP contribution in [0.2, 0.25) is 0 Å². The number of carbonyl (C=O) groups excluding carboxylic acids is 1. The van der Waals surface area contributed by atoms with Crippen LogP contribution in [0.4, 0.5) is 0 Å². The van der Waals surface area contributed by atoms with Crippen LogP contribution in [0.25, 0.3) is 0 Å². The molecule has 0 spiro atoms. The molecule has 0 saturated heterocycles. The third-order valence-corrected chi connectivity index (χ3v) is 2.83. The van der Waals surface area contributed by atoms with Gasteiger partial charge >= 0.3 is 0 Å². The largest absolute Gasteiger partial charge is 0.508 e. The molecule has 0 bridgehead atoms. The van der Waals surface area contributed by atoms with Gasteiger partial charge in [-0.15, -0.1) is 0 Å². The van der Waals surface area contributed by atoms with Gasteiger partial charge in [0.25, 0.3) is 5.91 Å². The molecular formula is C15H16N2O2. The monoisotopic (exact) mass is 256 g/mol. The highest BCUT2D eigenvalue weighted by Gasteiger charge is 2.09. The van der Waals surface area contributed by atoms with Crippen molar-refractivity contribution in [3.63, 3.8) is 0 Å². The normalized spacial score (nSPS) is 10.2. The quantitative estimate of drug-likeness (QED) is 0.886. The molecule has 2 aromatic rings. The molecule has 0 atom stereocenters. The first-order chi connectivity index (χ1) is 9.06. The first-order valence-electron chi connectivity index (χ1n) is 6.06. The van der Waals surface area contributed by atoms with Crippen molar-refractivity contribution in [1.82, 2.24) is 10.3 Å².